The van der Waals surface area contributed by atoms with E-state index < -0.39 is 0 Å². The van der Waals surface area contributed by atoms with Gasteiger partial charge in [-0.1, -0.05) is 24.3 Å². The van der Waals surface area contributed by atoms with E-state index in [1.165, 1.54) is 34.0 Å². The van der Waals surface area contributed by atoms with E-state index in [0.717, 1.165) is 27.7 Å². The number of aryl methyl sites for hydroxylation is 1. The van der Waals surface area contributed by atoms with Crippen LogP contribution in [0.15, 0.2) is 71.1 Å². The standard InChI is InChI=1S/C31H31N5O/c1-18-15-16-22-23-17-28(35-20(3)33(5)24-11-7-9-13-26(24)35)19(2)29(30(23)37-31(22)32-18)36-21(4)34(6)25-12-8-10-14-27(25)36/h7-17,20-21H,1-6H3/t20-,21+/m1/s1. The number of hydrogen-bond donors (Lipinski definition) is 0. The van der Waals surface area contributed by atoms with Gasteiger partial charge >= 0.3 is 0 Å². The first kappa shape index (κ1) is 22.0. The number of aromatic nitrogens is 1. The highest BCUT2D eigenvalue weighted by Crippen LogP contribution is 2.52. The van der Waals surface area contributed by atoms with E-state index in [2.05, 4.69) is 121 Å². The molecule has 0 bridgehead atoms. The maximum absolute atomic E-state index is 6.59. The second-order valence-corrected chi connectivity index (χ2v) is 10.4. The largest absolute Gasteiger partial charge is 0.435 e. The molecule has 2 aliphatic rings. The number of para-hydroxylation sites is 4. The quantitative estimate of drug-likeness (QED) is 0.256. The first-order valence-corrected chi connectivity index (χ1v) is 12.9. The van der Waals surface area contributed by atoms with Crippen molar-refractivity contribution < 1.29 is 4.42 Å². The van der Waals surface area contributed by atoms with E-state index in [1.807, 2.05) is 6.92 Å². The fraction of sp³-hybridized carbons (Fsp3) is 0.258. The molecule has 0 aliphatic carbocycles. The lowest BCUT2D eigenvalue weighted by Crippen LogP contribution is -2.37. The fourth-order valence-corrected chi connectivity index (χ4v) is 6.21. The highest BCUT2D eigenvalue weighted by Gasteiger charge is 2.38. The van der Waals surface area contributed by atoms with E-state index in [1.54, 1.807) is 0 Å². The number of anilines is 6. The summed E-state index contributed by atoms with van der Waals surface area (Å²) in [5.74, 6) is 0. The van der Waals surface area contributed by atoms with Gasteiger partial charge in [0.15, 0.2) is 5.58 Å². The molecule has 6 nitrogen and oxygen atoms in total. The zero-order valence-electron chi connectivity index (χ0n) is 22.1. The number of rotatable bonds is 2. The molecule has 7 rings (SSSR count). The third-order valence-electron chi connectivity index (χ3n) is 8.38. The van der Waals surface area contributed by atoms with Crippen LogP contribution in [-0.2, 0) is 0 Å². The van der Waals surface area contributed by atoms with Crippen molar-refractivity contribution in [2.75, 3.05) is 33.7 Å². The summed E-state index contributed by atoms with van der Waals surface area (Å²) in [7, 11) is 4.34. The minimum atomic E-state index is 0.128. The molecule has 6 heteroatoms. The Kier molecular flexibility index (Phi) is 4.56. The molecule has 0 saturated heterocycles. The highest BCUT2D eigenvalue weighted by atomic mass is 16.3. The Labute approximate surface area is 217 Å². The van der Waals surface area contributed by atoms with Crippen LogP contribution in [0.1, 0.15) is 25.1 Å². The van der Waals surface area contributed by atoms with Crippen molar-refractivity contribution in [3.63, 3.8) is 0 Å². The monoisotopic (exact) mass is 489 g/mol. The third kappa shape index (κ3) is 2.90. The molecule has 2 aromatic heterocycles. The second kappa shape index (κ2) is 7.65. The summed E-state index contributed by atoms with van der Waals surface area (Å²) in [5.41, 5.74) is 10.9. The summed E-state index contributed by atoms with van der Waals surface area (Å²) in [5, 5.41) is 2.14. The fourth-order valence-electron chi connectivity index (χ4n) is 6.21. The maximum atomic E-state index is 6.59. The lowest BCUT2D eigenvalue weighted by atomic mass is 10.0. The first-order valence-electron chi connectivity index (χ1n) is 12.9. The van der Waals surface area contributed by atoms with Crippen LogP contribution in [0.2, 0.25) is 0 Å². The molecule has 0 saturated carbocycles. The molecular weight excluding hydrogens is 458 g/mol. The SMILES string of the molecule is Cc1ccc2c(n1)oc1c(N3c4ccccc4N(C)[C@@H]3C)c(C)c(N3c4ccccc4N(C)[C@H]3C)cc12. The molecule has 0 N–H and O–H groups in total. The van der Waals surface area contributed by atoms with Crippen molar-refractivity contribution in [1.29, 1.82) is 0 Å². The summed E-state index contributed by atoms with van der Waals surface area (Å²) in [6, 6.07) is 23.8. The molecule has 5 aromatic rings. The summed E-state index contributed by atoms with van der Waals surface area (Å²) < 4.78 is 6.59. The van der Waals surface area contributed by atoms with Gasteiger partial charge < -0.3 is 24.0 Å². The van der Waals surface area contributed by atoms with Crippen molar-refractivity contribution in [3.8, 4) is 0 Å². The van der Waals surface area contributed by atoms with Crippen LogP contribution in [0.3, 0.4) is 0 Å². The van der Waals surface area contributed by atoms with Crippen LogP contribution in [0, 0.1) is 13.8 Å². The molecule has 2 aliphatic heterocycles. The highest BCUT2D eigenvalue weighted by molar-refractivity contribution is 6.12. The predicted octanol–water partition coefficient (Wildman–Crippen LogP) is 7.47. The smallest absolute Gasteiger partial charge is 0.227 e. The van der Waals surface area contributed by atoms with Crippen LogP contribution in [0.5, 0.6) is 0 Å². The topological polar surface area (TPSA) is 39.0 Å². The van der Waals surface area contributed by atoms with E-state index >= 15 is 0 Å². The van der Waals surface area contributed by atoms with Crippen LogP contribution >= 0.6 is 0 Å². The second-order valence-electron chi connectivity index (χ2n) is 10.4. The van der Waals surface area contributed by atoms with Crippen LogP contribution in [0.4, 0.5) is 34.1 Å². The number of hydrogen-bond acceptors (Lipinski definition) is 6. The molecular formula is C31H31N5O. The zero-order chi connectivity index (χ0) is 25.6. The normalized spacial score (nSPS) is 18.9. The van der Waals surface area contributed by atoms with Gasteiger partial charge in [0.05, 0.1) is 28.4 Å². The van der Waals surface area contributed by atoms with Gasteiger partial charge in [0.25, 0.3) is 0 Å². The molecule has 2 atom stereocenters. The Bertz CT molecular complexity index is 1710. The zero-order valence-corrected chi connectivity index (χ0v) is 22.1. The number of furan rings is 1. The van der Waals surface area contributed by atoms with Gasteiger partial charge in [-0.25, -0.2) is 4.98 Å². The van der Waals surface area contributed by atoms with Gasteiger partial charge in [0, 0.05) is 41.8 Å². The number of pyridine rings is 1. The number of benzene rings is 3. The summed E-state index contributed by atoms with van der Waals surface area (Å²) in [6.45, 7) is 8.77. The molecule has 37 heavy (non-hydrogen) atoms. The molecule has 0 unspecified atom stereocenters. The van der Waals surface area contributed by atoms with Gasteiger partial charge in [-0.05, 0) is 70.2 Å². The van der Waals surface area contributed by atoms with Crippen molar-refractivity contribution in [2.24, 2.45) is 0 Å². The minimum Gasteiger partial charge on any atom is -0.435 e. The Morgan fingerprint density at radius 3 is 1.89 bits per heavy atom. The molecule has 186 valence electrons. The lowest BCUT2D eigenvalue weighted by Gasteiger charge is -2.33. The van der Waals surface area contributed by atoms with E-state index in [4.69, 9.17) is 9.40 Å². The summed E-state index contributed by atoms with van der Waals surface area (Å²) in [4.78, 5) is 14.3. The van der Waals surface area contributed by atoms with E-state index in [9.17, 15) is 0 Å². The van der Waals surface area contributed by atoms with E-state index in [0.29, 0.717) is 5.71 Å². The van der Waals surface area contributed by atoms with Crippen molar-refractivity contribution in [3.05, 3.63) is 78.0 Å². The molecule has 0 fully saturated rings. The van der Waals surface area contributed by atoms with Crippen LogP contribution in [0.25, 0.3) is 22.1 Å². The van der Waals surface area contributed by atoms with Gasteiger partial charge in [0.2, 0.25) is 5.71 Å². The van der Waals surface area contributed by atoms with Crippen LogP contribution in [-0.4, -0.2) is 31.4 Å². The third-order valence-corrected chi connectivity index (χ3v) is 8.38. The average Bonchev–Trinajstić information content (AvgIpc) is 3.47. The Hall–Kier alpha value is -4.19. The Morgan fingerprint density at radius 2 is 1.24 bits per heavy atom. The Morgan fingerprint density at radius 1 is 0.676 bits per heavy atom. The van der Waals surface area contributed by atoms with Crippen LogP contribution < -0.4 is 19.6 Å². The predicted molar refractivity (Wildman–Crippen MR) is 154 cm³/mol. The molecule has 0 spiro atoms. The summed E-state index contributed by atoms with van der Waals surface area (Å²) in [6.07, 6.45) is 0.300. The van der Waals surface area contributed by atoms with Crippen molar-refractivity contribution in [2.45, 2.75) is 40.0 Å². The molecule has 0 amide bonds. The van der Waals surface area contributed by atoms with Gasteiger partial charge in [0.1, 0.15) is 12.3 Å². The van der Waals surface area contributed by atoms with Gasteiger partial charge in [-0.2, -0.15) is 0 Å². The Balaban J connectivity index is 1.57. The number of fused-ring (bicyclic) bond motifs is 5. The summed E-state index contributed by atoms with van der Waals surface area (Å²) >= 11 is 0. The van der Waals surface area contributed by atoms with E-state index in [-0.39, 0.29) is 12.3 Å². The maximum Gasteiger partial charge on any atom is 0.227 e. The first-order chi connectivity index (χ1) is 17.9. The van der Waals surface area contributed by atoms with Crippen molar-refractivity contribution in [1.82, 2.24) is 4.98 Å². The van der Waals surface area contributed by atoms with Crippen molar-refractivity contribution >= 4 is 56.2 Å². The lowest BCUT2D eigenvalue weighted by molar-refractivity contribution is 0.646. The average molecular weight is 490 g/mol. The van der Waals surface area contributed by atoms with Gasteiger partial charge in [-0.3, -0.25) is 0 Å². The molecule has 4 heterocycles. The van der Waals surface area contributed by atoms with Gasteiger partial charge in [-0.15, -0.1) is 0 Å². The number of nitrogens with zero attached hydrogens (tertiary/aromatic N) is 5. The molecule has 3 aromatic carbocycles. The molecule has 0 radical (unpaired) electrons. The minimum absolute atomic E-state index is 0.128.